The molecule has 1 unspecified atom stereocenters. The molecule has 0 aliphatic carbocycles. The van der Waals surface area contributed by atoms with E-state index in [4.69, 9.17) is 5.73 Å². The van der Waals surface area contributed by atoms with Crippen LogP contribution in [0.2, 0.25) is 0 Å². The molecule has 0 heterocycles. The second kappa shape index (κ2) is 5.32. The van der Waals surface area contributed by atoms with E-state index < -0.39 is 0 Å². The van der Waals surface area contributed by atoms with Crippen molar-refractivity contribution in [2.45, 2.75) is 40.5 Å². The number of rotatable bonds is 4. The third-order valence-electron chi connectivity index (χ3n) is 3.24. The van der Waals surface area contributed by atoms with Gasteiger partial charge < -0.3 is 5.73 Å². The molecule has 0 saturated carbocycles. The Hall–Kier alpha value is -0.820. The third-order valence-corrected chi connectivity index (χ3v) is 3.24. The van der Waals surface area contributed by atoms with E-state index in [1.54, 1.807) is 0 Å². The molecule has 0 saturated heterocycles. The van der Waals surface area contributed by atoms with E-state index in [0.717, 1.165) is 13.0 Å². The SMILES string of the molecule is CCC(CN)Cc1c(C)cc(C)cc1C. The van der Waals surface area contributed by atoms with Gasteiger partial charge in [-0.25, -0.2) is 0 Å². The molecule has 1 aromatic carbocycles. The Balaban J connectivity index is 2.94. The van der Waals surface area contributed by atoms with Gasteiger partial charge in [0, 0.05) is 0 Å². The fraction of sp³-hybridized carbons (Fsp3) is 0.571. The van der Waals surface area contributed by atoms with Crippen molar-refractivity contribution in [3.8, 4) is 0 Å². The molecule has 84 valence electrons. The number of aryl methyl sites for hydroxylation is 3. The Bertz CT molecular complexity index is 301. The lowest BCUT2D eigenvalue weighted by atomic mass is 9.90. The zero-order valence-corrected chi connectivity index (χ0v) is 10.4. The molecule has 1 heteroatoms. The first-order chi connectivity index (χ1) is 7.08. The molecule has 1 atom stereocenters. The molecule has 0 aliphatic heterocycles. The van der Waals surface area contributed by atoms with Crippen molar-refractivity contribution in [3.63, 3.8) is 0 Å². The Morgan fingerprint density at radius 2 is 1.67 bits per heavy atom. The second-order valence-electron chi connectivity index (χ2n) is 4.59. The van der Waals surface area contributed by atoms with Crippen molar-refractivity contribution in [1.82, 2.24) is 0 Å². The molecule has 0 aliphatic rings. The van der Waals surface area contributed by atoms with Gasteiger partial charge in [-0.05, 0) is 56.3 Å². The van der Waals surface area contributed by atoms with Crippen molar-refractivity contribution in [2.75, 3.05) is 6.54 Å². The van der Waals surface area contributed by atoms with Crippen LogP contribution >= 0.6 is 0 Å². The average molecular weight is 205 g/mol. The van der Waals surface area contributed by atoms with E-state index in [1.165, 1.54) is 28.7 Å². The van der Waals surface area contributed by atoms with Crippen molar-refractivity contribution in [3.05, 3.63) is 34.4 Å². The van der Waals surface area contributed by atoms with Crippen LogP contribution in [0.3, 0.4) is 0 Å². The lowest BCUT2D eigenvalue weighted by Gasteiger charge is -2.17. The molecule has 0 bridgehead atoms. The maximum absolute atomic E-state index is 5.76. The molecule has 0 amide bonds. The lowest BCUT2D eigenvalue weighted by Crippen LogP contribution is -2.17. The zero-order valence-electron chi connectivity index (χ0n) is 10.4. The maximum atomic E-state index is 5.76. The maximum Gasteiger partial charge on any atom is -0.00458 e. The van der Waals surface area contributed by atoms with Crippen molar-refractivity contribution < 1.29 is 0 Å². The predicted molar refractivity (Wildman–Crippen MR) is 67.2 cm³/mol. The summed E-state index contributed by atoms with van der Waals surface area (Å²) in [4.78, 5) is 0. The number of hydrogen-bond acceptors (Lipinski definition) is 1. The van der Waals surface area contributed by atoms with Crippen molar-refractivity contribution in [2.24, 2.45) is 11.7 Å². The minimum Gasteiger partial charge on any atom is -0.330 e. The van der Waals surface area contributed by atoms with E-state index in [9.17, 15) is 0 Å². The first-order valence-electron chi connectivity index (χ1n) is 5.85. The van der Waals surface area contributed by atoms with E-state index in [2.05, 4.69) is 39.8 Å². The van der Waals surface area contributed by atoms with Gasteiger partial charge in [0.05, 0.1) is 0 Å². The first-order valence-corrected chi connectivity index (χ1v) is 5.85. The molecule has 1 nitrogen and oxygen atoms in total. The molecule has 2 N–H and O–H groups in total. The van der Waals surface area contributed by atoms with Gasteiger partial charge in [0.1, 0.15) is 0 Å². The zero-order chi connectivity index (χ0) is 11.4. The van der Waals surface area contributed by atoms with Gasteiger partial charge in [-0.1, -0.05) is 31.0 Å². The molecule has 1 rings (SSSR count). The largest absolute Gasteiger partial charge is 0.330 e. The molecule has 0 aromatic heterocycles. The number of hydrogen-bond donors (Lipinski definition) is 1. The van der Waals surface area contributed by atoms with Gasteiger partial charge in [0.25, 0.3) is 0 Å². The summed E-state index contributed by atoms with van der Waals surface area (Å²) in [5.74, 6) is 0.630. The molecule has 0 fully saturated rings. The normalized spacial score (nSPS) is 12.9. The molecule has 1 aromatic rings. The van der Waals surface area contributed by atoms with Crippen molar-refractivity contribution in [1.29, 1.82) is 0 Å². The summed E-state index contributed by atoms with van der Waals surface area (Å²) in [6.07, 6.45) is 2.30. The Labute approximate surface area is 93.7 Å². The highest BCUT2D eigenvalue weighted by atomic mass is 14.5. The van der Waals surface area contributed by atoms with E-state index in [1.807, 2.05) is 0 Å². The minimum absolute atomic E-state index is 0.630. The van der Waals surface area contributed by atoms with E-state index >= 15 is 0 Å². The average Bonchev–Trinajstić information content (AvgIpc) is 2.17. The highest BCUT2D eigenvalue weighted by molar-refractivity contribution is 5.37. The van der Waals surface area contributed by atoms with Gasteiger partial charge in [-0.2, -0.15) is 0 Å². The predicted octanol–water partition coefficient (Wildman–Crippen LogP) is 3.14. The fourth-order valence-electron chi connectivity index (χ4n) is 2.21. The van der Waals surface area contributed by atoms with E-state index in [-0.39, 0.29) is 0 Å². The topological polar surface area (TPSA) is 26.0 Å². The van der Waals surface area contributed by atoms with Crippen molar-refractivity contribution >= 4 is 0 Å². The van der Waals surface area contributed by atoms with Crippen LogP contribution in [0.5, 0.6) is 0 Å². The number of nitrogens with two attached hydrogens (primary N) is 1. The Kier molecular flexibility index (Phi) is 4.34. The van der Waals surface area contributed by atoms with Crippen LogP contribution < -0.4 is 5.73 Å². The summed E-state index contributed by atoms with van der Waals surface area (Å²) >= 11 is 0. The van der Waals surface area contributed by atoms with Crippen LogP contribution in [-0.2, 0) is 6.42 Å². The van der Waals surface area contributed by atoms with Crippen LogP contribution in [0.1, 0.15) is 35.6 Å². The van der Waals surface area contributed by atoms with E-state index in [0.29, 0.717) is 5.92 Å². The molecular weight excluding hydrogens is 182 g/mol. The monoisotopic (exact) mass is 205 g/mol. The summed E-state index contributed by atoms with van der Waals surface area (Å²) in [7, 11) is 0. The first kappa shape index (κ1) is 12.3. The molecule has 0 spiro atoms. The second-order valence-corrected chi connectivity index (χ2v) is 4.59. The van der Waals surface area contributed by atoms with Crippen LogP contribution in [-0.4, -0.2) is 6.54 Å². The summed E-state index contributed by atoms with van der Waals surface area (Å²) in [5, 5.41) is 0. The summed E-state index contributed by atoms with van der Waals surface area (Å²) in [6.45, 7) is 9.58. The van der Waals surface area contributed by atoms with Gasteiger partial charge in [-0.3, -0.25) is 0 Å². The highest BCUT2D eigenvalue weighted by Crippen LogP contribution is 2.20. The molecular formula is C14H23N. The number of benzene rings is 1. The van der Waals surface area contributed by atoms with Gasteiger partial charge in [-0.15, -0.1) is 0 Å². The Morgan fingerprint density at radius 3 is 2.07 bits per heavy atom. The van der Waals surface area contributed by atoms with Gasteiger partial charge in [0.15, 0.2) is 0 Å². The van der Waals surface area contributed by atoms with Crippen LogP contribution in [0.4, 0.5) is 0 Å². The smallest absolute Gasteiger partial charge is 0.00458 e. The highest BCUT2D eigenvalue weighted by Gasteiger charge is 2.09. The Morgan fingerprint density at radius 1 is 1.13 bits per heavy atom. The standard InChI is InChI=1S/C14H23N/c1-5-13(9-15)8-14-11(3)6-10(2)7-12(14)4/h6-7,13H,5,8-9,15H2,1-4H3. The quantitative estimate of drug-likeness (QED) is 0.803. The van der Waals surface area contributed by atoms with Gasteiger partial charge in [0.2, 0.25) is 0 Å². The summed E-state index contributed by atoms with van der Waals surface area (Å²) < 4.78 is 0. The molecule has 0 radical (unpaired) electrons. The minimum atomic E-state index is 0.630. The van der Waals surface area contributed by atoms with Gasteiger partial charge >= 0.3 is 0 Å². The lowest BCUT2D eigenvalue weighted by molar-refractivity contribution is 0.516. The van der Waals surface area contributed by atoms with Crippen LogP contribution in [0.25, 0.3) is 0 Å². The third kappa shape index (κ3) is 3.07. The summed E-state index contributed by atoms with van der Waals surface area (Å²) in [6, 6.07) is 4.54. The molecule has 15 heavy (non-hydrogen) atoms. The van der Waals surface area contributed by atoms with Crippen LogP contribution in [0.15, 0.2) is 12.1 Å². The summed E-state index contributed by atoms with van der Waals surface area (Å²) in [5.41, 5.74) is 11.4. The van der Waals surface area contributed by atoms with Crippen LogP contribution in [0, 0.1) is 26.7 Å². The fourth-order valence-corrected chi connectivity index (χ4v) is 2.21.